The van der Waals surface area contributed by atoms with Gasteiger partial charge in [0.25, 0.3) is 0 Å². The number of hydrogen-bond acceptors (Lipinski definition) is 3. The molecule has 0 aliphatic carbocycles. The molecule has 2 N–H and O–H groups in total. The van der Waals surface area contributed by atoms with Crippen LogP contribution in [0.4, 0.5) is 0 Å². The van der Waals surface area contributed by atoms with Crippen molar-refractivity contribution in [3.8, 4) is 0 Å². The van der Waals surface area contributed by atoms with Crippen molar-refractivity contribution in [3.63, 3.8) is 0 Å². The predicted octanol–water partition coefficient (Wildman–Crippen LogP) is 1.96. The fraction of sp³-hybridized carbons (Fsp3) is 0.500. The van der Waals surface area contributed by atoms with Gasteiger partial charge in [-0.05, 0) is 18.9 Å². The molecule has 2 rings (SSSR count). The van der Waals surface area contributed by atoms with Gasteiger partial charge in [-0.25, -0.2) is 0 Å². The van der Waals surface area contributed by atoms with E-state index in [1.807, 2.05) is 12.1 Å². The molecule has 19 heavy (non-hydrogen) atoms. The summed E-state index contributed by atoms with van der Waals surface area (Å²) in [4.78, 5) is 2.35. The maximum Gasteiger partial charge on any atom is 0.0820 e. The Morgan fingerprint density at radius 3 is 2.84 bits per heavy atom. The first-order valence-corrected chi connectivity index (χ1v) is 7.03. The normalized spacial score (nSPS) is 26.0. The van der Waals surface area contributed by atoms with Crippen LogP contribution in [-0.4, -0.2) is 41.8 Å². The molecule has 1 aliphatic rings. The zero-order chi connectivity index (χ0) is 13.7. The molecule has 1 aromatic rings. The Kier molecular flexibility index (Phi) is 5.14. The second-order valence-corrected chi connectivity index (χ2v) is 5.24. The third kappa shape index (κ3) is 3.66. The Morgan fingerprint density at radius 1 is 1.47 bits per heavy atom. The Labute approximate surface area is 115 Å². The van der Waals surface area contributed by atoms with E-state index < -0.39 is 0 Å². The fourth-order valence-electron chi connectivity index (χ4n) is 2.72. The lowest BCUT2D eigenvalue weighted by molar-refractivity contribution is 0.0247. The van der Waals surface area contributed by atoms with E-state index in [0.29, 0.717) is 6.04 Å². The summed E-state index contributed by atoms with van der Waals surface area (Å²) in [7, 11) is 0. The Balaban J connectivity index is 1.92. The van der Waals surface area contributed by atoms with Gasteiger partial charge < -0.3 is 10.4 Å². The van der Waals surface area contributed by atoms with Crippen molar-refractivity contribution in [1.82, 2.24) is 10.2 Å². The molecule has 0 aromatic heterocycles. The second kappa shape index (κ2) is 6.85. The van der Waals surface area contributed by atoms with Crippen molar-refractivity contribution in [2.24, 2.45) is 0 Å². The molecule has 0 spiro atoms. The zero-order valence-electron chi connectivity index (χ0n) is 11.6. The van der Waals surface area contributed by atoms with E-state index in [4.69, 9.17) is 0 Å². The average Bonchev–Trinajstić information content (AvgIpc) is 2.46. The number of nitrogens with one attached hydrogen (secondary N) is 1. The first kappa shape index (κ1) is 14.3. The van der Waals surface area contributed by atoms with Crippen LogP contribution in [-0.2, 0) is 0 Å². The molecular formula is C16H24N2O. The number of benzene rings is 1. The number of β-amino-alcohol motifs (C(OH)–C–C–N with tert-alkyl or cyclic N) is 1. The van der Waals surface area contributed by atoms with Gasteiger partial charge in [0.15, 0.2) is 0 Å². The molecule has 1 aliphatic heterocycles. The van der Waals surface area contributed by atoms with E-state index in [2.05, 4.69) is 48.0 Å². The van der Waals surface area contributed by atoms with Crippen molar-refractivity contribution in [2.45, 2.75) is 31.5 Å². The maximum absolute atomic E-state index is 10.2. The molecular weight excluding hydrogens is 236 g/mol. The highest BCUT2D eigenvalue weighted by atomic mass is 16.3. The van der Waals surface area contributed by atoms with E-state index >= 15 is 0 Å². The van der Waals surface area contributed by atoms with Gasteiger partial charge >= 0.3 is 0 Å². The number of likely N-dealkylation sites (tertiary alicyclic amines) is 1. The van der Waals surface area contributed by atoms with Crippen molar-refractivity contribution >= 4 is 0 Å². The molecule has 0 bridgehead atoms. The zero-order valence-corrected chi connectivity index (χ0v) is 11.6. The fourth-order valence-corrected chi connectivity index (χ4v) is 2.72. The SMILES string of the molecule is C=CCN[C@H]1CCN(C(C)c2ccccc2)C[C@@H]1O. The van der Waals surface area contributed by atoms with Crippen LogP contribution >= 0.6 is 0 Å². The quantitative estimate of drug-likeness (QED) is 0.794. The second-order valence-electron chi connectivity index (χ2n) is 5.24. The summed E-state index contributed by atoms with van der Waals surface area (Å²) in [6.07, 6.45) is 2.51. The first-order chi connectivity index (χ1) is 9.22. The average molecular weight is 260 g/mol. The molecule has 1 heterocycles. The Morgan fingerprint density at radius 2 is 2.21 bits per heavy atom. The third-order valence-electron chi connectivity index (χ3n) is 3.97. The van der Waals surface area contributed by atoms with Gasteiger partial charge in [-0.3, -0.25) is 4.90 Å². The van der Waals surface area contributed by atoms with Crippen LogP contribution < -0.4 is 5.32 Å². The summed E-state index contributed by atoms with van der Waals surface area (Å²) in [5.74, 6) is 0. The maximum atomic E-state index is 10.2. The first-order valence-electron chi connectivity index (χ1n) is 7.03. The van der Waals surface area contributed by atoms with Crippen LogP contribution in [0.15, 0.2) is 43.0 Å². The van der Waals surface area contributed by atoms with Crippen molar-refractivity contribution in [2.75, 3.05) is 19.6 Å². The number of aliphatic hydroxyl groups excluding tert-OH is 1. The highest BCUT2D eigenvalue weighted by Gasteiger charge is 2.29. The van der Waals surface area contributed by atoms with Gasteiger partial charge in [-0.1, -0.05) is 36.4 Å². The van der Waals surface area contributed by atoms with E-state index in [1.165, 1.54) is 5.56 Å². The summed E-state index contributed by atoms with van der Waals surface area (Å²) in [6, 6.07) is 11.0. The topological polar surface area (TPSA) is 35.5 Å². The Bertz CT molecular complexity index is 393. The van der Waals surface area contributed by atoms with E-state index in [0.717, 1.165) is 26.1 Å². The summed E-state index contributed by atoms with van der Waals surface area (Å²) in [5, 5.41) is 13.5. The molecule has 3 heteroatoms. The highest BCUT2D eigenvalue weighted by molar-refractivity contribution is 5.18. The minimum atomic E-state index is -0.306. The summed E-state index contributed by atoms with van der Waals surface area (Å²) in [6.45, 7) is 8.41. The number of nitrogens with zero attached hydrogens (tertiary/aromatic N) is 1. The van der Waals surface area contributed by atoms with Crippen LogP contribution in [0, 0.1) is 0 Å². The molecule has 3 atom stereocenters. The van der Waals surface area contributed by atoms with Crippen LogP contribution in [0.5, 0.6) is 0 Å². The van der Waals surface area contributed by atoms with Crippen LogP contribution in [0.25, 0.3) is 0 Å². The van der Waals surface area contributed by atoms with Gasteiger partial charge in [0.05, 0.1) is 6.10 Å². The van der Waals surface area contributed by atoms with Crippen LogP contribution in [0.2, 0.25) is 0 Å². The standard InChI is InChI=1S/C16H24N2O/c1-3-10-17-15-9-11-18(12-16(15)19)13(2)14-7-5-4-6-8-14/h3-8,13,15-17,19H,1,9-12H2,2H3/t13?,15-,16-/m0/s1. The predicted molar refractivity (Wildman–Crippen MR) is 79.0 cm³/mol. The number of aliphatic hydroxyl groups is 1. The molecule has 1 fully saturated rings. The molecule has 0 radical (unpaired) electrons. The molecule has 3 nitrogen and oxygen atoms in total. The third-order valence-corrected chi connectivity index (χ3v) is 3.97. The van der Waals surface area contributed by atoms with E-state index in [-0.39, 0.29) is 12.1 Å². The van der Waals surface area contributed by atoms with Crippen molar-refractivity contribution in [3.05, 3.63) is 48.6 Å². The lowest BCUT2D eigenvalue weighted by atomic mass is 9.98. The molecule has 104 valence electrons. The van der Waals surface area contributed by atoms with E-state index in [9.17, 15) is 5.11 Å². The largest absolute Gasteiger partial charge is 0.390 e. The molecule has 1 unspecified atom stereocenters. The van der Waals surface area contributed by atoms with Crippen molar-refractivity contribution in [1.29, 1.82) is 0 Å². The summed E-state index contributed by atoms with van der Waals surface area (Å²) in [5.41, 5.74) is 1.31. The van der Waals surface area contributed by atoms with Gasteiger partial charge in [-0.15, -0.1) is 6.58 Å². The number of piperidine rings is 1. The molecule has 1 aromatic carbocycles. The van der Waals surface area contributed by atoms with Crippen molar-refractivity contribution < 1.29 is 5.11 Å². The number of hydrogen-bond donors (Lipinski definition) is 2. The molecule has 1 saturated heterocycles. The van der Waals surface area contributed by atoms with Gasteiger partial charge in [0.2, 0.25) is 0 Å². The molecule has 0 saturated carbocycles. The minimum absolute atomic E-state index is 0.192. The number of rotatable bonds is 5. The monoisotopic (exact) mass is 260 g/mol. The lowest BCUT2D eigenvalue weighted by Gasteiger charge is -2.39. The highest BCUT2D eigenvalue weighted by Crippen LogP contribution is 2.24. The summed E-state index contributed by atoms with van der Waals surface area (Å²) < 4.78 is 0. The van der Waals surface area contributed by atoms with Crippen LogP contribution in [0.3, 0.4) is 0 Å². The lowest BCUT2D eigenvalue weighted by Crippen LogP contribution is -2.53. The molecule has 0 amide bonds. The van der Waals surface area contributed by atoms with Crippen LogP contribution in [0.1, 0.15) is 24.9 Å². The summed E-state index contributed by atoms with van der Waals surface area (Å²) >= 11 is 0. The van der Waals surface area contributed by atoms with E-state index in [1.54, 1.807) is 0 Å². The van der Waals surface area contributed by atoms with Gasteiger partial charge in [-0.2, -0.15) is 0 Å². The smallest absolute Gasteiger partial charge is 0.0820 e. The van der Waals surface area contributed by atoms with Gasteiger partial charge in [0.1, 0.15) is 0 Å². The minimum Gasteiger partial charge on any atom is -0.390 e. The van der Waals surface area contributed by atoms with Gasteiger partial charge in [0, 0.05) is 31.7 Å². The Hall–Kier alpha value is -1.16.